The van der Waals surface area contributed by atoms with Crippen molar-refractivity contribution in [2.75, 3.05) is 6.54 Å². The zero-order chi connectivity index (χ0) is 11.7. The zero-order valence-electron chi connectivity index (χ0n) is 9.09. The Morgan fingerprint density at radius 3 is 2.88 bits per heavy atom. The van der Waals surface area contributed by atoms with Gasteiger partial charge in [0.25, 0.3) is 5.91 Å². The molecule has 86 valence electrons. The van der Waals surface area contributed by atoms with Gasteiger partial charge in [0, 0.05) is 19.8 Å². The number of rotatable bonds is 2. The molecule has 1 saturated heterocycles. The monoisotopic (exact) mass is 222 g/mol. The molecule has 6 nitrogen and oxygen atoms in total. The van der Waals surface area contributed by atoms with Crippen LogP contribution in [0.5, 0.6) is 0 Å². The normalized spacial score (nSPS) is 20.1. The highest BCUT2D eigenvalue weighted by molar-refractivity contribution is 5.97. The number of nitrogens with zero attached hydrogens (tertiary/aromatic N) is 3. The number of nitrogens with two attached hydrogens (primary N) is 1. The minimum absolute atomic E-state index is 0.172. The van der Waals surface area contributed by atoms with E-state index in [0.29, 0.717) is 18.5 Å². The maximum absolute atomic E-state index is 12.0. The lowest BCUT2D eigenvalue weighted by Gasteiger charge is -2.21. The van der Waals surface area contributed by atoms with Crippen LogP contribution in [0.3, 0.4) is 0 Å². The highest BCUT2D eigenvalue weighted by Gasteiger charge is 2.33. The first-order chi connectivity index (χ1) is 7.59. The van der Waals surface area contributed by atoms with Crippen molar-refractivity contribution in [1.29, 1.82) is 0 Å². The predicted octanol–water partition coefficient (Wildman–Crippen LogP) is -0.490. The van der Waals surface area contributed by atoms with Gasteiger partial charge >= 0.3 is 0 Å². The van der Waals surface area contributed by atoms with Crippen LogP contribution in [-0.2, 0) is 11.8 Å². The third kappa shape index (κ3) is 1.78. The molecule has 0 spiro atoms. The first-order valence-electron chi connectivity index (χ1n) is 5.18. The van der Waals surface area contributed by atoms with Gasteiger partial charge in [-0.15, -0.1) is 0 Å². The summed E-state index contributed by atoms with van der Waals surface area (Å²) in [6, 6.07) is -0.465. The molecule has 0 saturated carbocycles. The molecule has 0 radical (unpaired) electrons. The number of likely N-dealkylation sites (tertiary alicyclic amines) is 1. The summed E-state index contributed by atoms with van der Waals surface area (Å²) in [6.45, 7) is 0.585. The number of amides is 2. The van der Waals surface area contributed by atoms with Crippen molar-refractivity contribution in [3.8, 4) is 0 Å². The zero-order valence-corrected chi connectivity index (χ0v) is 9.09. The molecule has 1 aliphatic heterocycles. The number of hydrogen-bond donors (Lipinski definition) is 1. The highest BCUT2D eigenvalue weighted by atomic mass is 16.2. The van der Waals surface area contributed by atoms with Gasteiger partial charge in [0.1, 0.15) is 6.04 Å². The van der Waals surface area contributed by atoms with Crippen LogP contribution in [-0.4, -0.2) is 39.1 Å². The van der Waals surface area contributed by atoms with Crippen LogP contribution in [0, 0.1) is 0 Å². The molecule has 0 bridgehead atoms. The Kier molecular flexibility index (Phi) is 2.64. The largest absolute Gasteiger partial charge is 0.368 e. The van der Waals surface area contributed by atoms with Gasteiger partial charge in [0.05, 0.1) is 11.8 Å². The second-order valence-electron chi connectivity index (χ2n) is 3.96. The number of aryl methyl sites for hydroxylation is 1. The van der Waals surface area contributed by atoms with E-state index in [1.54, 1.807) is 17.9 Å². The van der Waals surface area contributed by atoms with Crippen molar-refractivity contribution in [3.63, 3.8) is 0 Å². The van der Waals surface area contributed by atoms with Crippen molar-refractivity contribution < 1.29 is 9.59 Å². The maximum Gasteiger partial charge on any atom is 0.257 e. The Morgan fingerprint density at radius 2 is 2.31 bits per heavy atom. The minimum atomic E-state index is -0.465. The quantitative estimate of drug-likeness (QED) is 0.733. The second-order valence-corrected chi connectivity index (χ2v) is 3.96. The van der Waals surface area contributed by atoms with Gasteiger partial charge in [0.15, 0.2) is 0 Å². The van der Waals surface area contributed by atoms with Crippen LogP contribution in [0.2, 0.25) is 0 Å². The van der Waals surface area contributed by atoms with Crippen molar-refractivity contribution in [2.24, 2.45) is 12.8 Å². The molecule has 2 rings (SSSR count). The summed E-state index contributed by atoms with van der Waals surface area (Å²) in [5.74, 6) is -0.607. The molecule has 2 N–H and O–H groups in total. The molecular formula is C10H14N4O2. The molecule has 1 aromatic heterocycles. The topological polar surface area (TPSA) is 81.2 Å². The lowest BCUT2D eigenvalue weighted by Crippen LogP contribution is -2.43. The third-order valence-electron chi connectivity index (χ3n) is 2.79. The van der Waals surface area contributed by atoms with E-state index < -0.39 is 11.9 Å². The summed E-state index contributed by atoms with van der Waals surface area (Å²) in [7, 11) is 1.74. The van der Waals surface area contributed by atoms with E-state index in [1.165, 1.54) is 11.1 Å². The van der Waals surface area contributed by atoms with Crippen LogP contribution >= 0.6 is 0 Å². The Hall–Kier alpha value is -1.85. The SMILES string of the molecule is Cn1cc(C(=O)N2CCCC2C(N)=O)cn1. The molecule has 2 heterocycles. The molecule has 16 heavy (non-hydrogen) atoms. The Morgan fingerprint density at radius 1 is 1.56 bits per heavy atom. The van der Waals surface area contributed by atoms with Gasteiger partial charge in [0.2, 0.25) is 5.91 Å². The summed E-state index contributed by atoms with van der Waals surface area (Å²) in [5, 5.41) is 3.93. The summed E-state index contributed by atoms with van der Waals surface area (Å²) in [5.41, 5.74) is 5.75. The summed E-state index contributed by atoms with van der Waals surface area (Å²) in [4.78, 5) is 24.7. The van der Waals surface area contributed by atoms with Crippen LogP contribution in [0.4, 0.5) is 0 Å². The van der Waals surface area contributed by atoms with Gasteiger partial charge in [-0.25, -0.2) is 0 Å². The average Bonchev–Trinajstić information content (AvgIpc) is 2.84. The van der Waals surface area contributed by atoms with Gasteiger partial charge in [-0.05, 0) is 12.8 Å². The third-order valence-corrected chi connectivity index (χ3v) is 2.79. The van der Waals surface area contributed by atoms with Crippen molar-refractivity contribution in [1.82, 2.24) is 14.7 Å². The average molecular weight is 222 g/mol. The molecule has 1 unspecified atom stereocenters. The number of hydrogen-bond acceptors (Lipinski definition) is 3. The molecule has 2 amide bonds. The molecule has 1 fully saturated rings. The smallest absolute Gasteiger partial charge is 0.257 e. The van der Waals surface area contributed by atoms with Crippen molar-refractivity contribution in [3.05, 3.63) is 18.0 Å². The van der Waals surface area contributed by atoms with Crippen LogP contribution < -0.4 is 5.73 Å². The van der Waals surface area contributed by atoms with E-state index in [1.807, 2.05) is 0 Å². The fraction of sp³-hybridized carbons (Fsp3) is 0.500. The fourth-order valence-electron chi connectivity index (χ4n) is 2.00. The predicted molar refractivity (Wildman–Crippen MR) is 56.5 cm³/mol. The number of carbonyl (C=O) groups excluding carboxylic acids is 2. The van der Waals surface area contributed by atoms with Crippen LogP contribution in [0.25, 0.3) is 0 Å². The van der Waals surface area contributed by atoms with Crippen LogP contribution in [0.1, 0.15) is 23.2 Å². The molecule has 1 aromatic rings. The molecule has 1 aliphatic rings. The van der Waals surface area contributed by atoms with Gasteiger partial charge in [-0.1, -0.05) is 0 Å². The Bertz CT molecular complexity index is 426. The van der Waals surface area contributed by atoms with Gasteiger partial charge in [-0.3, -0.25) is 14.3 Å². The van der Waals surface area contributed by atoms with E-state index in [-0.39, 0.29) is 5.91 Å². The first kappa shape index (κ1) is 10.7. The van der Waals surface area contributed by atoms with Gasteiger partial charge in [-0.2, -0.15) is 5.10 Å². The lowest BCUT2D eigenvalue weighted by molar-refractivity contribution is -0.121. The van der Waals surface area contributed by atoms with Crippen molar-refractivity contribution >= 4 is 11.8 Å². The molecule has 6 heteroatoms. The van der Waals surface area contributed by atoms with E-state index >= 15 is 0 Å². The standard InChI is InChI=1S/C10H14N4O2/c1-13-6-7(5-12-13)10(16)14-4-2-3-8(14)9(11)15/h5-6,8H,2-4H2,1H3,(H2,11,15). The summed E-state index contributed by atoms with van der Waals surface area (Å²) >= 11 is 0. The summed E-state index contributed by atoms with van der Waals surface area (Å²) < 4.78 is 1.56. The molecule has 1 atom stereocenters. The fourth-order valence-corrected chi connectivity index (χ4v) is 2.00. The minimum Gasteiger partial charge on any atom is -0.368 e. The molecular weight excluding hydrogens is 208 g/mol. The second kappa shape index (κ2) is 3.96. The number of primary amides is 1. The Balaban J connectivity index is 2.18. The summed E-state index contributed by atoms with van der Waals surface area (Å²) in [6.07, 6.45) is 4.61. The van der Waals surface area contributed by atoms with E-state index in [0.717, 1.165) is 6.42 Å². The van der Waals surface area contributed by atoms with Gasteiger partial charge < -0.3 is 10.6 Å². The van der Waals surface area contributed by atoms with E-state index in [4.69, 9.17) is 5.73 Å². The highest BCUT2D eigenvalue weighted by Crippen LogP contribution is 2.19. The van der Waals surface area contributed by atoms with Crippen LogP contribution in [0.15, 0.2) is 12.4 Å². The Labute approximate surface area is 93.0 Å². The maximum atomic E-state index is 12.0. The van der Waals surface area contributed by atoms with E-state index in [2.05, 4.69) is 5.10 Å². The van der Waals surface area contributed by atoms with E-state index in [9.17, 15) is 9.59 Å². The number of carbonyl (C=O) groups is 2. The first-order valence-corrected chi connectivity index (χ1v) is 5.18. The molecule has 0 aromatic carbocycles. The van der Waals surface area contributed by atoms with Crippen molar-refractivity contribution in [2.45, 2.75) is 18.9 Å². The number of aromatic nitrogens is 2. The molecule has 0 aliphatic carbocycles. The lowest BCUT2D eigenvalue weighted by atomic mass is 10.2.